The Labute approximate surface area is 284 Å². The van der Waals surface area contributed by atoms with Crippen molar-refractivity contribution in [1.29, 1.82) is 0 Å². The molecule has 7 atom stereocenters. The lowest BCUT2D eigenvalue weighted by Gasteiger charge is -2.20. The summed E-state index contributed by atoms with van der Waals surface area (Å²) in [4.78, 5) is 37.0. The maximum absolute atomic E-state index is 12.7. The van der Waals surface area contributed by atoms with E-state index in [4.69, 9.17) is 9.47 Å². The lowest BCUT2D eigenvalue weighted by molar-refractivity contribution is -0.161. The molecule has 4 N–H and O–H groups in total. The molecular weight excluding hydrogens is 600 g/mol. The predicted molar refractivity (Wildman–Crippen MR) is 185 cm³/mol. The van der Waals surface area contributed by atoms with E-state index in [0.29, 0.717) is 19.3 Å². The largest absolute Gasteiger partial charge is 0.462 e. The van der Waals surface area contributed by atoms with Crippen molar-refractivity contribution in [2.24, 2.45) is 17.8 Å². The number of ether oxygens (including phenoxy) is 2. The second kappa shape index (κ2) is 27.1. The fraction of sp³-hybridized carbons (Fsp3) is 0.868. The summed E-state index contributed by atoms with van der Waals surface area (Å²) in [5.74, 6) is -0.889. The van der Waals surface area contributed by atoms with E-state index in [-0.39, 0.29) is 50.4 Å². The standard InChI is InChI=1S/C38H68O9/c1-4-6-13-19-30(40)23-24-33-34(36(43)26-35(33)42)25-31(41)20-16-17-21-37(44)46-28-32(27-39)47-38(45)22-15-12-10-8-7-9-11-14-18-29(3)5-2/h23-24,29-30,32-36,39-40,42-43H,4-22,25-28H2,1-3H3/b24-23+/t29?,30-,32-,33+,34+,35+,36-/m0/s1. The summed E-state index contributed by atoms with van der Waals surface area (Å²) >= 11 is 0. The van der Waals surface area contributed by atoms with Crippen LogP contribution in [0.1, 0.15) is 156 Å². The van der Waals surface area contributed by atoms with E-state index >= 15 is 0 Å². The summed E-state index contributed by atoms with van der Waals surface area (Å²) < 4.78 is 10.5. The van der Waals surface area contributed by atoms with E-state index < -0.39 is 48.9 Å². The average molecular weight is 669 g/mol. The van der Waals surface area contributed by atoms with Gasteiger partial charge in [0.1, 0.15) is 12.4 Å². The second-order valence-corrected chi connectivity index (χ2v) is 13.9. The van der Waals surface area contributed by atoms with Gasteiger partial charge in [-0.2, -0.15) is 0 Å². The first-order chi connectivity index (χ1) is 22.6. The van der Waals surface area contributed by atoms with Crippen molar-refractivity contribution in [2.45, 2.75) is 180 Å². The molecule has 274 valence electrons. The number of carbonyl (C=O) groups is 3. The summed E-state index contributed by atoms with van der Waals surface area (Å²) in [6, 6.07) is 0. The summed E-state index contributed by atoms with van der Waals surface area (Å²) in [7, 11) is 0. The van der Waals surface area contributed by atoms with E-state index in [1.54, 1.807) is 12.2 Å². The molecule has 47 heavy (non-hydrogen) atoms. The number of aliphatic hydroxyl groups excluding tert-OH is 4. The van der Waals surface area contributed by atoms with Crippen LogP contribution >= 0.6 is 0 Å². The van der Waals surface area contributed by atoms with Crippen molar-refractivity contribution < 1.29 is 44.3 Å². The van der Waals surface area contributed by atoms with Crippen molar-refractivity contribution >= 4 is 17.7 Å². The highest BCUT2D eigenvalue weighted by Gasteiger charge is 2.41. The number of hydrogen-bond acceptors (Lipinski definition) is 9. The van der Waals surface area contributed by atoms with Crippen LogP contribution in [-0.2, 0) is 23.9 Å². The van der Waals surface area contributed by atoms with Gasteiger partial charge in [-0.25, -0.2) is 0 Å². The molecule has 9 heteroatoms. The molecule has 0 bridgehead atoms. The quantitative estimate of drug-likeness (QED) is 0.0385. The van der Waals surface area contributed by atoms with Crippen molar-refractivity contribution in [2.75, 3.05) is 13.2 Å². The zero-order valence-corrected chi connectivity index (χ0v) is 29.8. The summed E-state index contributed by atoms with van der Waals surface area (Å²) in [5, 5.41) is 40.6. The monoisotopic (exact) mass is 668 g/mol. The number of esters is 2. The number of carbonyl (C=O) groups excluding carboxylic acids is 3. The molecule has 1 aliphatic carbocycles. The molecular formula is C38H68O9. The number of rotatable bonds is 29. The normalized spacial score (nSPS) is 21.5. The second-order valence-electron chi connectivity index (χ2n) is 13.9. The van der Waals surface area contributed by atoms with Crippen LogP contribution in [0.25, 0.3) is 0 Å². The van der Waals surface area contributed by atoms with Crippen molar-refractivity contribution in [3.05, 3.63) is 12.2 Å². The average Bonchev–Trinajstić information content (AvgIpc) is 3.31. The van der Waals surface area contributed by atoms with Crippen LogP contribution in [0.5, 0.6) is 0 Å². The van der Waals surface area contributed by atoms with Crippen LogP contribution in [0.3, 0.4) is 0 Å². The zero-order chi connectivity index (χ0) is 34.9. The fourth-order valence-corrected chi connectivity index (χ4v) is 6.23. The molecule has 0 saturated heterocycles. The van der Waals surface area contributed by atoms with Gasteiger partial charge in [-0.05, 0) is 31.6 Å². The van der Waals surface area contributed by atoms with Gasteiger partial charge >= 0.3 is 11.9 Å². The number of aliphatic hydroxyl groups is 4. The summed E-state index contributed by atoms with van der Waals surface area (Å²) in [6.45, 7) is 6.02. The molecule has 0 aromatic carbocycles. The Bertz CT molecular complexity index is 860. The van der Waals surface area contributed by atoms with E-state index in [9.17, 15) is 34.8 Å². The number of Topliss-reactive ketones (excluding diaryl/α,β-unsaturated/α-hetero) is 1. The Morgan fingerprint density at radius 3 is 2.04 bits per heavy atom. The van der Waals surface area contributed by atoms with E-state index in [1.807, 2.05) is 0 Å². The third-order valence-corrected chi connectivity index (χ3v) is 9.58. The van der Waals surface area contributed by atoms with E-state index in [0.717, 1.165) is 44.4 Å². The van der Waals surface area contributed by atoms with Gasteiger partial charge in [0.25, 0.3) is 0 Å². The predicted octanol–water partition coefficient (Wildman–Crippen LogP) is 6.76. The number of ketones is 1. The van der Waals surface area contributed by atoms with E-state index in [2.05, 4.69) is 20.8 Å². The molecule has 0 heterocycles. The van der Waals surface area contributed by atoms with Crippen molar-refractivity contribution in [3.8, 4) is 0 Å². The molecule has 0 aromatic heterocycles. The molecule has 1 rings (SSSR count). The first kappa shape index (κ1) is 43.2. The minimum absolute atomic E-state index is 0.0434. The smallest absolute Gasteiger partial charge is 0.306 e. The Balaban J connectivity index is 2.19. The van der Waals surface area contributed by atoms with Gasteiger partial charge in [-0.15, -0.1) is 0 Å². The van der Waals surface area contributed by atoms with Crippen molar-refractivity contribution in [3.63, 3.8) is 0 Å². The van der Waals surface area contributed by atoms with Gasteiger partial charge < -0.3 is 29.9 Å². The van der Waals surface area contributed by atoms with Gasteiger partial charge in [0.2, 0.25) is 0 Å². The first-order valence-electron chi connectivity index (χ1n) is 18.8. The molecule has 0 spiro atoms. The molecule has 1 saturated carbocycles. The van der Waals surface area contributed by atoms with Crippen LogP contribution in [-0.4, -0.2) is 75.8 Å². The Kier molecular flexibility index (Phi) is 24.9. The van der Waals surface area contributed by atoms with Crippen LogP contribution in [0.2, 0.25) is 0 Å². The third kappa shape index (κ3) is 21.0. The SMILES string of the molecule is CCCCC[C@H](O)/C=C/[C@@H]1[C@@H](CC(=O)CCCCC(=O)OC[C@H](CO)OC(=O)CCCCCCCCCCC(C)CC)[C@@H](O)C[C@H]1O. The summed E-state index contributed by atoms with van der Waals surface area (Å²) in [6.07, 6.45) is 17.6. The van der Waals surface area contributed by atoms with Gasteiger partial charge in [0, 0.05) is 43.9 Å². The highest BCUT2D eigenvalue weighted by molar-refractivity contribution is 5.79. The lowest BCUT2D eigenvalue weighted by Crippen LogP contribution is -2.28. The fourth-order valence-electron chi connectivity index (χ4n) is 6.23. The molecule has 0 aliphatic heterocycles. The number of hydrogen-bond donors (Lipinski definition) is 4. The Morgan fingerprint density at radius 2 is 1.38 bits per heavy atom. The van der Waals surface area contributed by atoms with Gasteiger partial charge in [-0.3, -0.25) is 14.4 Å². The van der Waals surface area contributed by atoms with Gasteiger partial charge in [0.05, 0.1) is 24.9 Å². The topological polar surface area (TPSA) is 151 Å². The maximum Gasteiger partial charge on any atom is 0.306 e. The number of unbranched alkanes of at least 4 members (excludes halogenated alkanes) is 10. The maximum atomic E-state index is 12.7. The first-order valence-corrected chi connectivity index (χ1v) is 18.8. The van der Waals surface area contributed by atoms with Crippen LogP contribution < -0.4 is 0 Å². The molecule has 1 unspecified atom stereocenters. The van der Waals surface area contributed by atoms with Gasteiger partial charge in [0.15, 0.2) is 6.10 Å². The highest BCUT2D eigenvalue weighted by Crippen LogP contribution is 2.36. The minimum Gasteiger partial charge on any atom is -0.462 e. The molecule has 1 fully saturated rings. The van der Waals surface area contributed by atoms with Crippen molar-refractivity contribution in [1.82, 2.24) is 0 Å². The van der Waals surface area contributed by atoms with Crippen LogP contribution in [0.4, 0.5) is 0 Å². The third-order valence-electron chi connectivity index (χ3n) is 9.58. The molecule has 0 amide bonds. The molecule has 1 aliphatic rings. The van der Waals surface area contributed by atoms with Crippen LogP contribution in [0.15, 0.2) is 12.2 Å². The Morgan fingerprint density at radius 1 is 0.787 bits per heavy atom. The molecule has 9 nitrogen and oxygen atoms in total. The van der Waals surface area contributed by atoms with E-state index in [1.165, 1.54) is 44.9 Å². The van der Waals surface area contributed by atoms with Gasteiger partial charge in [-0.1, -0.05) is 110 Å². The van der Waals surface area contributed by atoms with Crippen LogP contribution in [0, 0.1) is 17.8 Å². The summed E-state index contributed by atoms with van der Waals surface area (Å²) in [5.41, 5.74) is 0. The Hall–Kier alpha value is -1.81. The minimum atomic E-state index is -0.893. The lowest BCUT2D eigenvalue weighted by atomic mass is 9.87. The highest BCUT2D eigenvalue weighted by atomic mass is 16.6. The zero-order valence-electron chi connectivity index (χ0n) is 29.8. The molecule has 0 aromatic rings. The molecule has 0 radical (unpaired) electrons.